The molecule has 6 nitrogen and oxygen atoms in total. The summed E-state index contributed by atoms with van der Waals surface area (Å²) in [5.41, 5.74) is 2.19. The zero-order chi connectivity index (χ0) is 19.6. The van der Waals surface area contributed by atoms with Crippen molar-refractivity contribution in [3.63, 3.8) is 0 Å². The lowest BCUT2D eigenvalue weighted by molar-refractivity contribution is 0.244. The average Bonchev–Trinajstić information content (AvgIpc) is 3.34. The molecule has 148 valence electrons. The van der Waals surface area contributed by atoms with Crippen LogP contribution >= 0.6 is 11.3 Å². The first-order chi connectivity index (χ1) is 14.3. The van der Waals surface area contributed by atoms with Crippen molar-refractivity contribution < 1.29 is 4.74 Å². The van der Waals surface area contributed by atoms with Gasteiger partial charge in [-0.3, -0.25) is 0 Å². The highest BCUT2D eigenvalue weighted by Crippen LogP contribution is 2.31. The highest BCUT2D eigenvalue weighted by Gasteiger charge is 2.25. The van der Waals surface area contributed by atoms with Crippen LogP contribution in [0.1, 0.15) is 30.1 Å². The largest absolute Gasteiger partial charge is 0.489 e. The van der Waals surface area contributed by atoms with E-state index in [1.165, 1.54) is 6.42 Å². The lowest BCUT2D eigenvalue weighted by atomic mass is 9.98. The molecule has 0 N–H and O–H groups in total. The van der Waals surface area contributed by atoms with Gasteiger partial charge in [0.05, 0.1) is 0 Å². The van der Waals surface area contributed by atoms with Gasteiger partial charge in [0.25, 0.3) is 0 Å². The van der Waals surface area contributed by atoms with Crippen molar-refractivity contribution in [1.29, 1.82) is 0 Å². The Labute approximate surface area is 173 Å². The molecule has 0 saturated carbocycles. The Kier molecular flexibility index (Phi) is 4.99. The van der Waals surface area contributed by atoms with Gasteiger partial charge in [-0.15, -0.1) is 10.2 Å². The van der Waals surface area contributed by atoms with Crippen molar-refractivity contribution in [3.8, 4) is 16.3 Å². The smallest absolute Gasteiger partial charge is 0.234 e. The summed E-state index contributed by atoms with van der Waals surface area (Å²) >= 11 is 1.57. The number of aromatic nitrogens is 4. The molecule has 1 fully saturated rings. The molecule has 29 heavy (non-hydrogen) atoms. The zero-order valence-corrected chi connectivity index (χ0v) is 17.2. The Hall–Kier alpha value is -2.77. The Morgan fingerprint density at radius 1 is 1.10 bits per heavy atom. The van der Waals surface area contributed by atoms with Gasteiger partial charge in [0, 0.05) is 18.0 Å². The molecule has 1 aliphatic rings. The quantitative estimate of drug-likeness (QED) is 0.497. The predicted molar refractivity (Wildman–Crippen MR) is 114 cm³/mol. The number of nitrogens with zero attached hydrogens (tertiary/aromatic N) is 5. The summed E-state index contributed by atoms with van der Waals surface area (Å²) in [6, 6.07) is 18.3. The van der Waals surface area contributed by atoms with Crippen LogP contribution in [0.25, 0.3) is 15.5 Å². The average molecular weight is 406 g/mol. The number of likely N-dealkylation sites (N-methyl/N-ethyl adjacent to an activating group) is 1. The van der Waals surface area contributed by atoms with Crippen LogP contribution in [0.3, 0.4) is 0 Å². The molecule has 0 bridgehead atoms. The summed E-state index contributed by atoms with van der Waals surface area (Å²) in [4.78, 5) is 3.20. The van der Waals surface area contributed by atoms with Crippen molar-refractivity contribution >= 4 is 16.3 Å². The number of hydrogen-bond donors (Lipinski definition) is 0. The summed E-state index contributed by atoms with van der Waals surface area (Å²) in [5, 5.41) is 14.6. The molecule has 2 aromatic heterocycles. The van der Waals surface area contributed by atoms with Gasteiger partial charge in [-0.2, -0.15) is 9.61 Å². The topological polar surface area (TPSA) is 55.5 Å². The van der Waals surface area contributed by atoms with Crippen LogP contribution in [0.5, 0.6) is 5.75 Å². The summed E-state index contributed by atoms with van der Waals surface area (Å²) in [6.07, 6.45) is 2.33. The molecule has 0 radical (unpaired) electrons. The number of rotatable bonds is 5. The maximum absolute atomic E-state index is 5.98. The van der Waals surface area contributed by atoms with Gasteiger partial charge in [-0.1, -0.05) is 53.8 Å². The van der Waals surface area contributed by atoms with E-state index in [9.17, 15) is 0 Å². The Morgan fingerprint density at radius 3 is 2.86 bits per heavy atom. The standard InChI is InChI=1S/C22H23N5OS/c1-26-12-6-10-18(14-26)20-23-24-22-27(20)25-21(29-22)17-9-5-11-19(13-17)28-15-16-7-3-2-4-8-16/h2-5,7-9,11,13,18H,6,10,12,14-15H2,1H3. The summed E-state index contributed by atoms with van der Waals surface area (Å²) in [5.74, 6) is 2.20. The molecule has 2 aromatic carbocycles. The molecule has 4 aromatic rings. The molecule has 0 amide bonds. The fourth-order valence-electron chi connectivity index (χ4n) is 3.84. The van der Waals surface area contributed by atoms with Gasteiger partial charge in [-0.05, 0) is 44.1 Å². The van der Waals surface area contributed by atoms with Crippen LogP contribution in [0, 0.1) is 0 Å². The molecule has 5 rings (SSSR count). The highest BCUT2D eigenvalue weighted by atomic mass is 32.1. The van der Waals surface area contributed by atoms with E-state index >= 15 is 0 Å². The SMILES string of the molecule is CN1CCCC(c2nnc3sc(-c4cccc(OCc5ccccc5)c4)nn23)C1. The summed E-state index contributed by atoms with van der Waals surface area (Å²) in [6.45, 7) is 2.71. The Balaban J connectivity index is 1.38. The van der Waals surface area contributed by atoms with Crippen LogP contribution in [-0.2, 0) is 6.61 Å². The van der Waals surface area contributed by atoms with Crippen LogP contribution in [0.2, 0.25) is 0 Å². The highest BCUT2D eigenvalue weighted by molar-refractivity contribution is 7.19. The Bertz CT molecular complexity index is 1110. The molecule has 1 unspecified atom stereocenters. The molecule has 1 saturated heterocycles. The fraction of sp³-hybridized carbons (Fsp3) is 0.318. The first kappa shape index (κ1) is 18.3. The fourth-order valence-corrected chi connectivity index (χ4v) is 4.68. The van der Waals surface area contributed by atoms with Crippen LogP contribution in [-0.4, -0.2) is 44.8 Å². The van der Waals surface area contributed by atoms with Gasteiger partial charge in [0.1, 0.15) is 17.4 Å². The van der Waals surface area contributed by atoms with Crippen LogP contribution < -0.4 is 4.74 Å². The molecule has 7 heteroatoms. The molecule has 3 heterocycles. The first-order valence-corrected chi connectivity index (χ1v) is 10.8. The van der Waals surface area contributed by atoms with E-state index in [4.69, 9.17) is 9.84 Å². The summed E-state index contributed by atoms with van der Waals surface area (Å²) < 4.78 is 7.91. The van der Waals surface area contributed by atoms with E-state index in [1.54, 1.807) is 11.3 Å². The minimum absolute atomic E-state index is 0.388. The van der Waals surface area contributed by atoms with Crippen molar-refractivity contribution in [2.24, 2.45) is 0 Å². The van der Waals surface area contributed by atoms with E-state index in [-0.39, 0.29) is 0 Å². The third-order valence-corrected chi connectivity index (χ3v) is 6.28. The maximum Gasteiger partial charge on any atom is 0.234 e. The molecule has 1 atom stereocenters. The maximum atomic E-state index is 5.98. The third-order valence-electron chi connectivity index (χ3n) is 5.33. The number of ether oxygens (including phenoxy) is 1. The monoisotopic (exact) mass is 405 g/mol. The van der Waals surface area contributed by atoms with Gasteiger partial charge >= 0.3 is 0 Å². The lowest BCUT2D eigenvalue weighted by Crippen LogP contribution is -2.31. The van der Waals surface area contributed by atoms with Crippen LogP contribution in [0.15, 0.2) is 54.6 Å². The van der Waals surface area contributed by atoms with Crippen LogP contribution in [0.4, 0.5) is 0 Å². The summed E-state index contributed by atoms with van der Waals surface area (Å²) in [7, 11) is 2.16. The van der Waals surface area contributed by atoms with Gasteiger partial charge < -0.3 is 9.64 Å². The zero-order valence-electron chi connectivity index (χ0n) is 16.4. The van der Waals surface area contributed by atoms with E-state index < -0.39 is 0 Å². The second kappa shape index (κ2) is 7.93. The first-order valence-electron chi connectivity index (χ1n) is 9.94. The van der Waals surface area contributed by atoms with Crippen molar-refractivity contribution in [3.05, 3.63) is 66.0 Å². The molecular weight excluding hydrogens is 382 g/mol. The number of fused-ring (bicyclic) bond motifs is 1. The normalized spacial score (nSPS) is 17.6. The molecule has 1 aliphatic heterocycles. The predicted octanol–water partition coefficient (Wildman–Crippen LogP) is 4.24. The number of likely N-dealkylation sites (tertiary alicyclic amines) is 1. The van der Waals surface area contributed by atoms with E-state index in [0.717, 1.165) is 52.2 Å². The van der Waals surface area contributed by atoms with Crippen molar-refractivity contribution in [2.45, 2.75) is 25.4 Å². The minimum atomic E-state index is 0.388. The lowest BCUT2D eigenvalue weighted by Gasteiger charge is -2.28. The third kappa shape index (κ3) is 3.88. The number of piperidine rings is 1. The van der Waals surface area contributed by atoms with Crippen molar-refractivity contribution in [2.75, 3.05) is 20.1 Å². The van der Waals surface area contributed by atoms with Gasteiger partial charge in [-0.25, -0.2) is 0 Å². The molecular formula is C22H23N5OS. The number of hydrogen-bond acceptors (Lipinski definition) is 6. The van der Waals surface area contributed by atoms with Crippen molar-refractivity contribution in [1.82, 2.24) is 24.7 Å². The van der Waals surface area contributed by atoms with E-state index in [1.807, 2.05) is 40.9 Å². The van der Waals surface area contributed by atoms with E-state index in [2.05, 4.69) is 40.3 Å². The van der Waals surface area contributed by atoms with Gasteiger partial charge in [0.15, 0.2) is 5.82 Å². The second-order valence-corrected chi connectivity index (χ2v) is 8.52. The van der Waals surface area contributed by atoms with Gasteiger partial charge in [0.2, 0.25) is 4.96 Å². The minimum Gasteiger partial charge on any atom is -0.489 e. The second-order valence-electron chi connectivity index (χ2n) is 7.56. The molecule has 0 spiro atoms. The Morgan fingerprint density at radius 2 is 2.00 bits per heavy atom. The molecule has 0 aliphatic carbocycles. The number of benzene rings is 2. The van der Waals surface area contributed by atoms with E-state index in [0.29, 0.717) is 12.5 Å².